The molecule has 402 valence electrons. The van der Waals surface area contributed by atoms with Gasteiger partial charge in [-0.2, -0.15) is 0 Å². The van der Waals surface area contributed by atoms with Crippen LogP contribution >= 0.6 is 0 Å². The highest BCUT2D eigenvalue weighted by molar-refractivity contribution is 5.73. The summed E-state index contributed by atoms with van der Waals surface area (Å²) in [6, 6.07) is -1.71. The zero-order chi connectivity index (χ0) is 50.9. The first-order chi connectivity index (χ1) is 32.5. The van der Waals surface area contributed by atoms with Crippen LogP contribution in [0.4, 0.5) is 0 Å². The summed E-state index contributed by atoms with van der Waals surface area (Å²) in [5, 5.41) is 155. The van der Waals surface area contributed by atoms with Gasteiger partial charge in [0.05, 0.1) is 37.6 Å². The molecule has 6 aliphatic heterocycles. The lowest BCUT2D eigenvalue weighted by Crippen LogP contribution is -2.70. The molecule has 28 nitrogen and oxygen atoms in total. The van der Waals surface area contributed by atoms with Gasteiger partial charge < -0.3 is 134 Å². The van der Waals surface area contributed by atoms with E-state index in [1.54, 1.807) is 6.92 Å². The molecule has 12 unspecified atom stereocenters. The largest absolute Gasteiger partial charge is 0.394 e. The maximum absolute atomic E-state index is 13.0. The summed E-state index contributed by atoms with van der Waals surface area (Å²) in [6.07, 6.45) is -48.3. The molecule has 28 heteroatoms. The van der Waals surface area contributed by atoms with Crippen LogP contribution in [0, 0.1) is 0 Å². The number of ether oxygens (including phenoxy) is 12. The van der Waals surface area contributed by atoms with Crippen LogP contribution in [0.1, 0.15) is 48.0 Å². The van der Waals surface area contributed by atoms with Gasteiger partial charge in [0, 0.05) is 13.5 Å². The van der Waals surface area contributed by atoms with Crippen molar-refractivity contribution in [1.82, 2.24) is 5.32 Å². The third kappa shape index (κ3) is 12.2. The molecular formula is C41H71NO27. The van der Waals surface area contributed by atoms with Crippen molar-refractivity contribution in [3.63, 3.8) is 0 Å². The highest BCUT2D eigenvalue weighted by Gasteiger charge is 2.58. The molecule has 0 spiro atoms. The van der Waals surface area contributed by atoms with Gasteiger partial charge >= 0.3 is 0 Å². The van der Waals surface area contributed by atoms with Gasteiger partial charge in [0.15, 0.2) is 37.7 Å². The number of rotatable bonds is 16. The van der Waals surface area contributed by atoms with Crippen molar-refractivity contribution in [3.05, 3.63) is 0 Å². The first-order valence-corrected chi connectivity index (χ1v) is 23.0. The number of carbonyl (C=O) groups is 1. The minimum Gasteiger partial charge on any atom is -0.394 e. The van der Waals surface area contributed by atoms with Crippen LogP contribution in [0.3, 0.4) is 0 Å². The van der Waals surface area contributed by atoms with Crippen LogP contribution in [0.25, 0.3) is 0 Å². The third-order valence-electron chi connectivity index (χ3n) is 13.1. The number of nitrogens with one attached hydrogen (secondary N) is 1. The van der Waals surface area contributed by atoms with Crippen molar-refractivity contribution in [2.24, 2.45) is 0 Å². The van der Waals surface area contributed by atoms with Crippen LogP contribution < -0.4 is 5.32 Å². The van der Waals surface area contributed by atoms with Crippen LogP contribution in [0.15, 0.2) is 0 Å². The number of amides is 1. The molecule has 69 heavy (non-hydrogen) atoms. The van der Waals surface area contributed by atoms with E-state index in [4.69, 9.17) is 56.8 Å². The molecule has 15 N–H and O–H groups in total. The summed E-state index contributed by atoms with van der Waals surface area (Å²) in [5.74, 6) is -0.800. The monoisotopic (exact) mass is 1010 g/mol. The van der Waals surface area contributed by atoms with E-state index in [-0.39, 0.29) is 6.61 Å². The lowest BCUT2D eigenvalue weighted by molar-refractivity contribution is -0.406. The smallest absolute Gasteiger partial charge is 0.217 e. The first-order valence-electron chi connectivity index (χ1n) is 23.0. The Labute approximate surface area is 395 Å². The topological polar surface area (TPSA) is 423 Å². The molecule has 6 aliphatic rings. The van der Waals surface area contributed by atoms with Gasteiger partial charge in [-0.25, -0.2) is 0 Å². The zero-order valence-corrected chi connectivity index (χ0v) is 38.7. The van der Waals surface area contributed by atoms with E-state index in [2.05, 4.69) is 5.32 Å². The second kappa shape index (κ2) is 24.2. The fourth-order valence-electron chi connectivity index (χ4n) is 8.99. The number of hydrogen-bond acceptors (Lipinski definition) is 27. The molecule has 30 atom stereocenters. The molecule has 6 fully saturated rings. The summed E-state index contributed by atoms with van der Waals surface area (Å²) in [6.45, 7) is 6.70. The van der Waals surface area contributed by atoms with E-state index in [1.165, 1.54) is 27.7 Å². The van der Waals surface area contributed by atoms with Crippen molar-refractivity contribution in [1.29, 1.82) is 0 Å². The molecule has 6 heterocycles. The first kappa shape index (κ1) is 56.7. The maximum Gasteiger partial charge on any atom is 0.217 e. The van der Waals surface area contributed by atoms with Gasteiger partial charge in [-0.05, 0) is 34.1 Å². The number of hydrogen-bond donors (Lipinski definition) is 15. The van der Waals surface area contributed by atoms with Crippen molar-refractivity contribution < 1.29 is 133 Å². The Balaban J connectivity index is 1.35. The van der Waals surface area contributed by atoms with Gasteiger partial charge in [0.1, 0.15) is 122 Å². The Kier molecular flexibility index (Phi) is 19.9. The average Bonchev–Trinajstić information content (AvgIpc) is 3.31. The Hall–Kier alpha value is -1.57. The predicted molar refractivity (Wildman–Crippen MR) is 219 cm³/mol. The minimum absolute atomic E-state index is 0.0941. The van der Waals surface area contributed by atoms with Crippen LogP contribution in [-0.4, -0.2) is 281 Å². The molecule has 0 saturated carbocycles. The number of aliphatic hydroxyl groups excluding tert-OH is 14. The quantitative estimate of drug-likeness (QED) is 0.0683. The molecule has 6 rings (SSSR count). The van der Waals surface area contributed by atoms with E-state index in [1.807, 2.05) is 0 Å². The van der Waals surface area contributed by atoms with Crippen LogP contribution in [0.2, 0.25) is 0 Å². The van der Waals surface area contributed by atoms with E-state index in [9.17, 15) is 76.3 Å². The number of carbonyl (C=O) groups excluding carboxylic acids is 1. The van der Waals surface area contributed by atoms with Crippen LogP contribution in [0.5, 0.6) is 0 Å². The molecule has 0 aromatic heterocycles. The Morgan fingerprint density at radius 1 is 0.420 bits per heavy atom. The fourth-order valence-corrected chi connectivity index (χ4v) is 8.99. The Morgan fingerprint density at radius 3 is 1.42 bits per heavy atom. The van der Waals surface area contributed by atoms with Gasteiger partial charge in [-0.3, -0.25) is 4.79 Å². The summed E-state index contributed by atoms with van der Waals surface area (Å²) < 4.78 is 71.5. The number of aliphatic hydroxyl groups is 14. The van der Waals surface area contributed by atoms with Crippen molar-refractivity contribution in [2.75, 3.05) is 19.8 Å². The predicted octanol–water partition coefficient (Wildman–Crippen LogP) is -8.41. The van der Waals surface area contributed by atoms with E-state index in [0.29, 0.717) is 6.42 Å². The van der Waals surface area contributed by atoms with Gasteiger partial charge in [0.25, 0.3) is 0 Å². The lowest BCUT2D eigenvalue weighted by atomic mass is 9.94. The summed E-state index contributed by atoms with van der Waals surface area (Å²) >= 11 is 0. The van der Waals surface area contributed by atoms with E-state index >= 15 is 0 Å². The molecule has 1 amide bonds. The van der Waals surface area contributed by atoms with Gasteiger partial charge in [-0.15, -0.1) is 0 Å². The summed E-state index contributed by atoms with van der Waals surface area (Å²) in [7, 11) is 0. The molecule has 6 saturated heterocycles. The molecule has 0 aromatic carbocycles. The lowest BCUT2D eigenvalue weighted by Gasteiger charge is -2.51. The minimum atomic E-state index is -2.03. The normalized spacial score (nSPS) is 52.1. The van der Waals surface area contributed by atoms with Gasteiger partial charge in [0.2, 0.25) is 5.91 Å². The highest BCUT2D eigenvalue weighted by atomic mass is 16.8. The van der Waals surface area contributed by atoms with E-state index in [0.717, 1.165) is 6.92 Å². The van der Waals surface area contributed by atoms with Crippen molar-refractivity contribution in [3.8, 4) is 0 Å². The molecular weight excluding hydrogens is 938 g/mol. The second-order valence-electron chi connectivity index (χ2n) is 18.3. The SMILES string of the molecule is CCCO[C@@H]1OC(C)[C@H](O)[C@H](O)C1O[C@@H]1OC(C)[C@H](O)[C@H](O[C@H]2O[C@@H](CO)[C@@H](O)C(O)C2O)C1O[C@@H]1OC(CO)[C@@H](O)C(O[C@@H]2OC(C)[C@H](O)[C@H](O[C@@H]3OC(C)[C@H](O)[C@H](O)C3O)C2O)[C@@H]1NC(C)=O. The van der Waals surface area contributed by atoms with Crippen molar-refractivity contribution in [2.45, 2.75) is 232 Å². The summed E-state index contributed by atoms with van der Waals surface area (Å²) in [4.78, 5) is 13.0. The maximum atomic E-state index is 13.0. The molecule has 0 aromatic rings. The molecule has 0 bridgehead atoms. The van der Waals surface area contributed by atoms with Crippen molar-refractivity contribution >= 4 is 5.91 Å². The fraction of sp³-hybridized carbons (Fsp3) is 0.976. The highest BCUT2D eigenvalue weighted by Crippen LogP contribution is 2.38. The van der Waals surface area contributed by atoms with E-state index < -0.39 is 203 Å². The molecule has 0 aliphatic carbocycles. The van der Waals surface area contributed by atoms with Gasteiger partial charge in [-0.1, -0.05) is 6.92 Å². The third-order valence-corrected chi connectivity index (χ3v) is 13.1. The Morgan fingerprint density at radius 2 is 0.841 bits per heavy atom. The standard InChI is InChI=1S/C41H71NO27/c1-7-8-58-40-34(27(54)20(47)12(3)61-40)68-41-35(33(22(49)14(5)62-41)67-38-29(56)26(53)23(50)16(9-43)64-38)69-36-18(42-15(6)45)31(24(51)17(10-44)63-36)65-39-30(57)32(21(48)13(4)60-39)66-37-28(55)25(52)19(46)11(2)59-37/h11-14,16-41,43-44,46-57H,7-10H2,1-6H3,(H,42,45)/t11?,12?,13?,14?,16-,17?,18-,19-,20-,21-,22-,23+,24+,25-,26?,27-,28?,29?,30?,31?,32-,33-,34?,35?,36-,37-,38+,39-,40+,41-/m0/s1. The Bertz CT molecular complexity index is 1610. The second-order valence-corrected chi connectivity index (χ2v) is 18.3. The average molecular weight is 1010 g/mol. The van der Waals surface area contributed by atoms with Crippen LogP contribution in [-0.2, 0) is 61.6 Å². The summed E-state index contributed by atoms with van der Waals surface area (Å²) in [5.41, 5.74) is 0. The zero-order valence-electron chi connectivity index (χ0n) is 38.7. The molecule has 0 radical (unpaired) electrons.